The molecule has 0 bridgehead atoms. The van der Waals surface area contributed by atoms with Crippen molar-refractivity contribution in [3.63, 3.8) is 0 Å². The van der Waals surface area contributed by atoms with Gasteiger partial charge in [0.05, 0.1) is 0 Å². The molecule has 6 nitrogen and oxygen atoms in total. The lowest BCUT2D eigenvalue weighted by Gasteiger charge is -2.11. The van der Waals surface area contributed by atoms with Crippen LogP contribution in [-0.2, 0) is 17.9 Å². The van der Waals surface area contributed by atoms with Crippen molar-refractivity contribution in [1.82, 2.24) is 16.0 Å². The second kappa shape index (κ2) is 7.50. The molecule has 0 saturated carbocycles. The van der Waals surface area contributed by atoms with Crippen molar-refractivity contribution >= 4 is 11.9 Å². The van der Waals surface area contributed by atoms with E-state index in [1.165, 1.54) is 0 Å². The maximum absolute atomic E-state index is 12.0. The van der Waals surface area contributed by atoms with E-state index in [4.69, 9.17) is 4.74 Å². The second-order valence-electron chi connectivity index (χ2n) is 5.55. The van der Waals surface area contributed by atoms with E-state index >= 15 is 0 Å². The first-order valence-electron chi connectivity index (χ1n) is 7.78. The summed E-state index contributed by atoms with van der Waals surface area (Å²) in [7, 11) is 0. The maximum Gasteiger partial charge on any atom is 0.315 e. The van der Waals surface area contributed by atoms with Gasteiger partial charge >= 0.3 is 6.03 Å². The monoisotopic (exact) mass is 325 g/mol. The zero-order valence-corrected chi connectivity index (χ0v) is 13.1. The summed E-state index contributed by atoms with van der Waals surface area (Å²) in [6.45, 7) is 1.19. The van der Waals surface area contributed by atoms with E-state index in [1.54, 1.807) is 0 Å². The number of amides is 3. The molecule has 0 aromatic heterocycles. The average Bonchev–Trinajstić information content (AvgIpc) is 3.06. The molecule has 3 N–H and O–H groups in total. The number of hydrogen-bond donors (Lipinski definition) is 3. The summed E-state index contributed by atoms with van der Waals surface area (Å²) in [5.74, 6) is 0.547. The lowest BCUT2D eigenvalue weighted by molar-refractivity contribution is -0.122. The standard InChI is InChI=1S/C18H19N3O3/c22-17(16-11-20-18(23)21-16)19-10-14-7-4-8-15(9-14)24-12-13-5-2-1-3-6-13/h1-9,16H,10-12H2,(H,19,22)(H2,20,21,23)/t16-/m1/s1. The molecular formula is C18H19N3O3. The fourth-order valence-electron chi connectivity index (χ4n) is 2.41. The first kappa shape index (κ1) is 15.9. The summed E-state index contributed by atoms with van der Waals surface area (Å²) in [4.78, 5) is 23.0. The van der Waals surface area contributed by atoms with Gasteiger partial charge in [0.15, 0.2) is 0 Å². The highest BCUT2D eigenvalue weighted by Gasteiger charge is 2.26. The summed E-state index contributed by atoms with van der Waals surface area (Å²) in [6.07, 6.45) is 0. The number of nitrogens with one attached hydrogen (secondary N) is 3. The number of rotatable bonds is 6. The smallest absolute Gasteiger partial charge is 0.315 e. The van der Waals surface area contributed by atoms with Crippen LogP contribution in [0.25, 0.3) is 0 Å². The molecule has 0 aliphatic carbocycles. The van der Waals surface area contributed by atoms with E-state index < -0.39 is 6.04 Å². The molecule has 3 amide bonds. The zero-order valence-electron chi connectivity index (χ0n) is 13.1. The first-order chi connectivity index (χ1) is 11.7. The number of ether oxygens (including phenoxy) is 1. The van der Waals surface area contributed by atoms with Crippen LogP contribution in [0.1, 0.15) is 11.1 Å². The average molecular weight is 325 g/mol. The van der Waals surface area contributed by atoms with Crippen LogP contribution in [0.5, 0.6) is 5.75 Å². The SMILES string of the molecule is O=C1NC[C@H](C(=O)NCc2cccc(OCc3ccccc3)c2)N1. The van der Waals surface area contributed by atoms with Crippen LogP contribution in [0.3, 0.4) is 0 Å². The van der Waals surface area contributed by atoms with Crippen molar-refractivity contribution in [2.75, 3.05) is 6.54 Å². The number of hydrogen-bond acceptors (Lipinski definition) is 3. The number of carbonyl (C=O) groups is 2. The van der Waals surface area contributed by atoms with Crippen LogP contribution in [0, 0.1) is 0 Å². The molecule has 1 aliphatic heterocycles. The van der Waals surface area contributed by atoms with E-state index in [2.05, 4.69) is 16.0 Å². The molecule has 1 heterocycles. The Balaban J connectivity index is 1.51. The number of benzene rings is 2. The van der Waals surface area contributed by atoms with Crippen molar-refractivity contribution in [1.29, 1.82) is 0 Å². The van der Waals surface area contributed by atoms with Gasteiger partial charge in [0.25, 0.3) is 0 Å². The third-order valence-electron chi connectivity index (χ3n) is 3.70. The van der Waals surface area contributed by atoms with Crippen molar-refractivity contribution in [2.45, 2.75) is 19.2 Å². The minimum Gasteiger partial charge on any atom is -0.489 e. The predicted molar refractivity (Wildman–Crippen MR) is 89.4 cm³/mol. The van der Waals surface area contributed by atoms with Crippen LogP contribution in [0.4, 0.5) is 4.79 Å². The highest BCUT2D eigenvalue weighted by atomic mass is 16.5. The van der Waals surface area contributed by atoms with Gasteiger partial charge in [-0.15, -0.1) is 0 Å². The minimum absolute atomic E-state index is 0.205. The highest BCUT2D eigenvalue weighted by Crippen LogP contribution is 2.15. The molecule has 0 radical (unpaired) electrons. The molecular weight excluding hydrogens is 306 g/mol. The molecule has 124 valence electrons. The molecule has 0 unspecified atom stereocenters. The Kier molecular flexibility index (Phi) is 4.96. The fraction of sp³-hybridized carbons (Fsp3) is 0.222. The van der Waals surface area contributed by atoms with Crippen LogP contribution in [0.2, 0.25) is 0 Å². The third-order valence-corrected chi connectivity index (χ3v) is 3.70. The molecule has 2 aromatic carbocycles. The molecule has 1 fully saturated rings. The van der Waals surface area contributed by atoms with E-state index in [-0.39, 0.29) is 11.9 Å². The lowest BCUT2D eigenvalue weighted by atomic mass is 10.2. The molecule has 1 atom stereocenters. The Morgan fingerprint density at radius 3 is 2.67 bits per heavy atom. The van der Waals surface area contributed by atoms with Crippen molar-refractivity contribution in [3.05, 3.63) is 65.7 Å². The van der Waals surface area contributed by atoms with Crippen LogP contribution < -0.4 is 20.7 Å². The van der Waals surface area contributed by atoms with Crippen LogP contribution in [0.15, 0.2) is 54.6 Å². The normalized spacial score (nSPS) is 16.2. The Morgan fingerprint density at radius 2 is 1.92 bits per heavy atom. The zero-order chi connectivity index (χ0) is 16.8. The molecule has 6 heteroatoms. The maximum atomic E-state index is 12.0. The Morgan fingerprint density at radius 1 is 1.12 bits per heavy atom. The fourth-order valence-corrected chi connectivity index (χ4v) is 2.41. The second-order valence-corrected chi connectivity index (χ2v) is 5.55. The summed E-state index contributed by atoms with van der Waals surface area (Å²) in [5, 5.41) is 7.93. The van der Waals surface area contributed by atoms with Gasteiger partial charge in [0.1, 0.15) is 18.4 Å². The number of urea groups is 1. The van der Waals surface area contributed by atoms with E-state index in [1.807, 2.05) is 54.6 Å². The van der Waals surface area contributed by atoms with E-state index in [9.17, 15) is 9.59 Å². The van der Waals surface area contributed by atoms with Gasteiger partial charge in [-0.3, -0.25) is 4.79 Å². The Bertz CT molecular complexity index is 718. The van der Waals surface area contributed by atoms with Gasteiger partial charge in [-0.2, -0.15) is 0 Å². The van der Waals surface area contributed by atoms with Crippen molar-refractivity contribution < 1.29 is 14.3 Å². The Hall–Kier alpha value is -3.02. The molecule has 24 heavy (non-hydrogen) atoms. The molecule has 0 spiro atoms. The van der Waals surface area contributed by atoms with Gasteiger partial charge in [0.2, 0.25) is 5.91 Å². The van der Waals surface area contributed by atoms with Gasteiger partial charge in [0, 0.05) is 13.1 Å². The van der Waals surface area contributed by atoms with Crippen molar-refractivity contribution in [3.8, 4) is 5.75 Å². The highest BCUT2D eigenvalue weighted by molar-refractivity contribution is 5.90. The van der Waals surface area contributed by atoms with Crippen LogP contribution in [-0.4, -0.2) is 24.5 Å². The minimum atomic E-state index is -0.519. The van der Waals surface area contributed by atoms with Gasteiger partial charge in [-0.1, -0.05) is 42.5 Å². The van der Waals surface area contributed by atoms with Gasteiger partial charge in [-0.25, -0.2) is 4.79 Å². The van der Waals surface area contributed by atoms with E-state index in [0.29, 0.717) is 19.7 Å². The quantitative estimate of drug-likeness (QED) is 0.754. The number of carbonyl (C=O) groups excluding carboxylic acids is 2. The van der Waals surface area contributed by atoms with E-state index in [0.717, 1.165) is 16.9 Å². The third kappa shape index (κ3) is 4.25. The predicted octanol–water partition coefficient (Wildman–Crippen LogP) is 1.56. The molecule has 1 saturated heterocycles. The van der Waals surface area contributed by atoms with Crippen molar-refractivity contribution in [2.24, 2.45) is 0 Å². The first-order valence-corrected chi connectivity index (χ1v) is 7.78. The summed E-state index contributed by atoms with van der Waals surface area (Å²) in [6, 6.07) is 16.7. The lowest BCUT2D eigenvalue weighted by Crippen LogP contribution is -2.42. The molecule has 2 aromatic rings. The summed E-state index contributed by atoms with van der Waals surface area (Å²) in [5.41, 5.74) is 2.03. The topological polar surface area (TPSA) is 79.5 Å². The van der Waals surface area contributed by atoms with Gasteiger partial charge in [-0.05, 0) is 23.3 Å². The van der Waals surface area contributed by atoms with Gasteiger partial charge < -0.3 is 20.7 Å². The molecule has 1 aliphatic rings. The summed E-state index contributed by atoms with van der Waals surface area (Å²) < 4.78 is 5.77. The Labute approximate surface area is 140 Å². The molecule has 3 rings (SSSR count). The summed E-state index contributed by atoms with van der Waals surface area (Å²) >= 11 is 0. The van der Waals surface area contributed by atoms with Crippen LogP contribution >= 0.6 is 0 Å². The largest absolute Gasteiger partial charge is 0.489 e.